The monoisotopic (exact) mass is 350 g/mol. The lowest BCUT2D eigenvalue weighted by Crippen LogP contribution is -2.44. The molecule has 1 aromatic heterocycles. The Hall–Kier alpha value is -1.42. The van der Waals surface area contributed by atoms with Crippen LogP contribution in [0.3, 0.4) is 0 Å². The van der Waals surface area contributed by atoms with Crippen molar-refractivity contribution in [2.24, 2.45) is 0 Å². The Morgan fingerprint density at radius 2 is 2.17 bits per heavy atom. The first-order valence-corrected chi connectivity index (χ1v) is 8.32. The molecule has 0 radical (unpaired) electrons. The smallest absolute Gasteiger partial charge is 0.376 e. The maximum absolute atomic E-state index is 12.4. The zero-order chi connectivity index (χ0) is 16.4. The van der Waals surface area contributed by atoms with Crippen molar-refractivity contribution in [3.8, 4) is 0 Å². The molecular weight excluding hydrogens is 333 g/mol. The van der Waals surface area contributed by atoms with Crippen molar-refractivity contribution in [2.45, 2.75) is 50.4 Å². The van der Waals surface area contributed by atoms with E-state index in [2.05, 4.69) is 15.5 Å². The molecule has 3 rings (SSSR count). The van der Waals surface area contributed by atoms with Crippen molar-refractivity contribution in [3.63, 3.8) is 0 Å². The number of anilines is 1. The van der Waals surface area contributed by atoms with Crippen molar-refractivity contribution in [3.05, 3.63) is 5.01 Å². The second-order valence-corrected chi connectivity index (χ2v) is 6.74. The largest absolute Gasteiger partial charge is 0.395 e. The molecule has 0 bridgehead atoms. The van der Waals surface area contributed by atoms with Gasteiger partial charge in [0, 0.05) is 13.2 Å². The zero-order valence-corrected chi connectivity index (χ0v) is 13.1. The minimum Gasteiger partial charge on any atom is -0.376 e. The van der Waals surface area contributed by atoms with Gasteiger partial charge in [-0.25, -0.2) is 4.79 Å². The van der Waals surface area contributed by atoms with Crippen molar-refractivity contribution < 1.29 is 22.7 Å². The summed E-state index contributed by atoms with van der Waals surface area (Å²) in [5.74, 6) is 0. The lowest BCUT2D eigenvalue weighted by Gasteiger charge is -2.28. The van der Waals surface area contributed by atoms with E-state index in [9.17, 15) is 18.0 Å². The normalized spacial score (nSPS) is 25.1. The summed E-state index contributed by atoms with van der Waals surface area (Å²) in [6, 6.07) is -0.322. The minimum atomic E-state index is -4.33. The fourth-order valence-electron chi connectivity index (χ4n) is 3.05. The van der Waals surface area contributed by atoms with Crippen molar-refractivity contribution in [2.75, 3.05) is 18.5 Å². The van der Waals surface area contributed by atoms with Gasteiger partial charge in [0.1, 0.15) is 5.01 Å². The summed E-state index contributed by atoms with van der Waals surface area (Å²) in [4.78, 5) is 14.0. The first-order chi connectivity index (χ1) is 10.9. The number of hydrogen-bond acceptors (Lipinski definition) is 5. The number of carbonyl (C=O) groups excluding carboxylic acids is 1. The van der Waals surface area contributed by atoms with Crippen LogP contribution in [0.1, 0.15) is 30.7 Å². The van der Waals surface area contributed by atoms with Gasteiger partial charge in [-0.3, -0.25) is 5.32 Å². The number of amides is 2. The SMILES string of the molecule is O=C(Nc1nnc(CC(F)(F)F)s1)N1CCCC1C1CCCO1. The third-order valence-corrected chi connectivity index (χ3v) is 4.83. The fraction of sp³-hybridized carbons (Fsp3) is 0.769. The number of alkyl halides is 3. The molecule has 2 unspecified atom stereocenters. The maximum Gasteiger partial charge on any atom is 0.395 e. The van der Waals surface area contributed by atoms with E-state index in [1.807, 2.05) is 0 Å². The topological polar surface area (TPSA) is 67.4 Å². The average molecular weight is 350 g/mol. The summed E-state index contributed by atoms with van der Waals surface area (Å²) in [7, 11) is 0. The molecule has 2 fully saturated rings. The van der Waals surface area contributed by atoms with Crippen LogP contribution in [0.4, 0.5) is 23.1 Å². The second-order valence-electron chi connectivity index (χ2n) is 5.68. The molecule has 6 nitrogen and oxygen atoms in total. The maximum atomic E-state index is 12.4. The molecule has 0 spiro atoms. The van der Waals surface area contributed by atoms with Crippen LogP contribution in [0.2, 0.25) is 0 Å². The average Bonchev–Trinajstić information content (AvgIpc) is 3.17. The van der Waals surface area contributed by atoms with Gasteiger partial charge in [0.05, 0.1) is 18.6 Å². The van der Waals surface area contributed by atoms with E-state index < -0.39 is 12.6 Å². The van der Waals surface area contributed by atoms with Crippen LogP contribution in [0.15, 0.2) is 0 Å². The number of nitrogens with zero attached hydrogens (tertiary/aromatic N) is 3. The van der Waals surface area contributed by atoms with Crippen LogP contribution < -0.4 is 5.32 Å². The van der Waals surface area contributed by atoms with Crippen molar-refractivity contribution in [1.29, 1.82) is 0 Å². The Bertz CT molecular complexity index is 560. The van der Waals surface area contributed by atoms with Gasteiger partial charge in [-0.2, -0.15) is 13.2 Å². The molecule has 1 aromatic rings. The number of hydrogen-bond donors (Lipinski definition) is 1. The van der Waals surface area contributed by atoms with E-state index >= 15 is 0 Å². The molecule has 0 saturated carbocycles. The first-order valence-electron chi connectivity index (χ1n) is 7.51. The van der Waals surface area contributed by atoms with E-state index in [0.29, 0.717) is 13.2 Å². The van der Waals surface area contributed by atoms with E-state index in [-0.39, 0.29) is 28.3 Å². The van der Waals surface area contributed by atoms with Gasteiger partial charge in [-0.1, -0.05) is 11.3 Å². The first kappa shape index (κ1) is 16.4. The van der Waals surface area contributed by atoms with Crippen LogP contribution in [0.5, 0.6) is 0 Å². The quantitative estimate of drug-likeness (QED) is 0.910. The molecule has 128 valence electrons. The number of carbonyl (C=O) groups is 1. The van der Waals surface area contributed by atoms with Gasteiger partial charge >= 0.3 is 12.2 Å². The Labute approximate surface area is 135 Å². The number of rotatable bonds is 3. The Kier molecular flexibility index (Phi) is 4.72. The van der Waals surface area contributed by atoms with E-state index in [1.54, 1.807) is 4.90 Å². The minimum absolute atomic E-state index is 0.0278. The Morgan fingerprint density at radius 1 is 1.35 bits per heavy atom. The van der Waals surface area contributed by atoms with Crippen molar-refractivity contribution >= 4 is 22.5 Å². The highest BCUT2D eigenvalue weighted by Gasteiger charge is 2.37. The zero-order valence-electron chi connectivity index (χ0n) is 12.3. The third-order valence-electron chi connectivity index (χ3n) is 3.99. The molecule has 23 heavy (non-hydrogen) atoms. The highest BCUT2D eigenvalue weighted by Crippen LogP contribution is 2.29. The number of urea groups is 1. The Balaban J connectivity index is 1.60. The van der Waals surface area contributed by atoms with Gasteiger partial charge in [-0.15, -0.1) is 10.2 Å². The summed E-state index contributed by atoms with van der Waals surface area (Å²) in [5, 5.41) is 9.56. The van der Waals surface area contributed by atoms with Gasteiger partial charge < -0.3 is 9.64 Å². The van der Waals surface area contributed by atoms with Gasteiger partial charge in [-0.05, 0) is 25.7 Å². The summed E-state index contributed by atoms with van der Waals surface area (Å²) in [5.41, 5.74) is 0. The number of aromatic nitrogens is 2. The van der Waals surface area contributed by atoms with Gasteiger partial charge in [0.15, 0.2) is 0 Å². The van der Waals surface area contributed by atoms with E-state index in [1.165, 1.54) is 0 Å². The van der Waals surface area contributed by atoms with Crippen LogP contribution in [0.25, 0.3) is 0 Å². The highest BCUT2D eigenvalue weighted by atomic mass is 32.1. The number of halogens is 3. The standard InChI is InChI=1S/C13H17F3N4O2S/c14-13(15,16)7-10-18-19-11(23-10)17-12(21)20-5-1-3-8(20)9-4-2-6-22-9/h8-9H,1-7H2,(H,17,19,21). The van der Waals surface area contributed by atoms with E-state index in [4.69, 9.17) is 4.74 Å². The van der Waals surface area contributed by atoms with E-state index in [0.717, 1.165) is 37.0 Å². The molecule has 2 aliphatic heterocycles. The predicted molar refractivity (Wildman–Crippen MR) is 77.4 cm³/mol. The highest BCUT2D eigenvalue weighted by molar-refractivity contribution is 7.15. The fourth-order valence-corrected chi connectivity index (χ4v) is 3.81. The van der Waals surface area contributed by atoms with Crippen LogP contribution >= 0.6 is 11.3 Å². The number of ether oxygens (including phenoxy) is 1. The third kappa shape index (κ3) is 4.11. The number of nitrogens with one attached hydrogen (secondary N) is 1. The molecule has 0 aromatic carbocycles. The summed E-state index contributed by atoms with van der Waals surface area (Å²) in [6.07, 6.45) is -1.71. The predicted octanol–water partition coefficient (Wildman–Crippen LogP) is 2.82. The molecular formula is C13H17F3N4O2S. The van der Waals surface area contributed by atoms with Gasteiger partial charge in [0.2, 0.25) is 5.13 Å². The lowest BCUT2D eigenvalue weighted by atomic mass is 10.1. The van der Waals surface area contributed by atoms with Gasteiger partial charge in [0.25, 0.3) is 0 Å². The molecule has 2 amide bonds. The summed E-state index contributed by atoms with van der Waals surface area (Å²) >= 11 is 0.748. The molecule has 3 heterocycles. The molecule has 2 aliphatic rings. The van der Waals surface area contributed by atoms with Crippen LogP contribution in [-0.2, 0) is 11.2 Å². The Morgan fingerprint density at radius 3 is 2.87 bits per heavy atom. The second kappa shape index (κ2) is 6.60. The number of likely N-dealkylation sites (tertiary alicyclic amines) is 1. The molecule has 10 heteroatoms. The van der Waals surface area contributed by atoms with Crippen molar-refractivity contribution in [1.82, 2.24) is 15.1 Å². The molecule has 1 N–H and O–H groups in total. The molecule has 2 saturated heterocycles. The summed E-state index contributed by atoms with van der Waals surface area (Å²) < 4.78 is 42.6. The lowest BCUT2D eigenvalue weighted by molar-refractivity contribution is -0.127. The van der Waals surface area contributed by atoms with Crippen LogP contribution in [0, 0.1) is 0 Å². The van der Waals surface area contributed by atoms with Crippen LogP contribution in [-0.4, -0.2) is 52.6 Å². The molecule has 0 aliphatic carbocycles. The molecule has 2 atom stereocenters. The summed E-state index contributed by atoms with van der Waals surface area (Å²) in [6.45, 7) is 1.33.